The lowest BCUT2D eigenvalue weighted by Crippen LogP contribution is -2.15. The number of aromatic amines is 2. The van der Waals surface area contributed by atoms with E-state index in [1.807, 2.05) is 25.1 Å². The van der Waals surface area contributed by atoms with E-state index in [1.165, 1.54) is 10.4 Å². The largest absolute Gasteiger partial charge is 0.497 e. The number of methoxy groups -OCH3 is 1. The fourth-order valence-corrected chi connectivity index (χ4v) is 6.20. The average Bonchev–Trinajstić information content (AvgIpc) is 3.26. The highest BCUT2D eigenvalue weighted by Gasteiger charge is 2.24. The van der Waals surface area contributed by atoms with Crippen LogP contribution in [0.25, 0.3) is 21.3 Å². The number of aryl methyl sites for hydroxylation is 1. The number of nitrogens with zero attached hydrogens (tertiary/aromatic N) is 2. The average molecular weight is 427 g/mol. The van der Waals surface area contributed by atoms with Crippen LogP contribution in [0.5, 0.6) is 5.75 Å². The van der Waals surface area contributed by atoms with Crippen LogP contribution in [0.4, 0.5) is 0 Å². The predicted molar refractivity (Wildman–Crippen MR) is 118 cm³/mol. The second-order valence-corrected chi connectivity index (χ2v) is 10.1. The first kappa shape index (κ1) is 18.7. The van der Waals surface area contributed by atoms with Crippen molar-refractivity contribution in [3.05, 3.63) is 44.8 Å². The van der Waals surface area contributed by atoms with E-state index in [4.69, 9.17) is 9.72 Å². The second-order valence-electron chi connectivity index (χ2n) is 7.67. The van der Waals surface area contributed by atoms with Crippen molar-refractivity contribution in [2.75, 3.05) is 7.11 Å². The Kier molecular flexibility index (Phi) is 4.63. The first-order valence-corrected chi connectivity index (χ1v) is 11.5. The van der Waals surface area contributed by atoms with E-state index in [0.717, 1.165) is 51.4 Å². The molecular formula is C21H22N4O2S2. The Hall–Kier alpha value is -2.32. The number of hydrogen-bond donors (Lipinski definition) is 2. The van der Waals surface area contributed by atoms with Crippen molar-refractivity contribution >= 4 is 44.3 Å². The molecule has 0 fully saturated rings. The molecule has 29 heavy (non-hydrogen) atoms. The Morgan fingerprint density at radius 3 is 3.00 bits per heavy atom. The third-order valence-electron chi connectivity index (χ3n) is 5.52. The van der Waals surface area contributed by atoms with Gasteiger partial charge in [-0.2, -0.15) is 0 Å². The van der Waals surface area contributed by atoms with Gasteiger partial charge in [0.05, 0.1) is 28.8 Å². The van der Waals surface area contributed by atoms with E-state index in [-0.39, 0.29) is 10.8 Å². The molecule has 3 heterocycles. The molecule has 2 atom stereocenters. The van der Waals surface area contributed by atoms with Crippen LogP contribution in [0.15, 0.2) is 28.2 Å². The van der Waals surface area contributed by atoms with Gasteiger partial charge in [-0.1, -0.05) is 18.7 Å². The van der Waals surface area contributed by atoms with Crippen LogP contribution >= 0.6 is 23.1 Å². The van der Waals surface area contributed by atoms with Crippen LogP contribution in [0.1, 0.15) is 41.8 Å². The molecule has 1 aliphatic rings. The highest BCUT2D eigenvalue weighted by molar-refractivity contribution is 7.99. The number of H-pyrrole nitrogens is 2. The predicted octanol–water partition coefficient (Wildman–Crippen LogP) is 4.85. The van der Waals surface area contributed by atoms with E-state index in [9.17, 15) is 4.79 Å². The Bertz CT molecular complexity index is 1270. The van der Waals surface area contributed by atoms with E-state index in [2.05, 4.69) is 21.9 Å². The number of rotatable bonds is 4. The van der Waals surface area contributed by atoms with E-state index in [0.29, 0.717) is 11.7 Å². The molecule has 1 aromatic carbocycles. The number of imidazole rings is 1. The van der Waals surface area contributed by atoms with Crippen molar-refractivity contribution in [1.29, 1.82) is 0 Å². The molecule has 2 N–H and O–H groups in total. The van der Waals surface area contributed by atoms with E-state index < -0.39 is 0 Å². The van der Waals surface area contributed by atoms with E-state index >= 15 is 0 Å². The summed E-state index contributed by atoms with van der Waals surface area (Å²) in [6.45, 7) is 4.32. The van der Waals surface area contributed by atoms with Crippen LogP contribution in [0.2, 0.25) is 0 Å². The standard InChI is InChI=1S/C21H22N4O2S2/c1-10-4-6-13-16(8-10)29-20-17(13)19(26)24-18(25-20)11(2)28-21-22-14-7-5-12(27-3)9-15(14)23-21/h5,7,9-11H,4,6,8H2,1-3H3,(H,22,23)(H,24,25,26). The van der Waals surface area contributed by atoms with Crippen LogP contribution in [-0.4, -0.2) is 27.0 Å². The molecule has 0 amide bonds. The SMILES string of the molecule is COc1ccc2nc(SC(C)c3nc4sc5c(c4c(=O)[nH]3)CCC(C)C5)[nH]c2c1. The molecule has 4 aromatic rings. The maximum Gasteiger partial charge on any atom is 0.259 e. The minimum Gasteiger partial charge on any atom is -0.497 e. The smallest absolute Gasteiger partial charge is 0.259 e. The maximum atomic E-state index is 12.8. The van der Waals surface area contributed by atoms with Gasteiger partial charge in [0, 0.05) is 10.9 Å². The number of thiophene rings is 1. The number of thioether (sulfide) groups is 1. The number of hydrogen-bond acceptors (Lipinski definition) is 6. The van der Waals surface area contributed by atoms with Gasteiger partial charge in [0.15, 0.2) is 5.16 Å². The van der Waals surface area contributed by atoms with Crippen LogP contribution in [0, 0.1) is 5.92 Å². The van der Waals surface area contributed by atoms with Crippen LogP contribution in [-0.2, 0) is 12.8 Å². The Morgan fingerprint density at radius 1 is 1.31 bits per heavy atom. The highest BCUT2D eigenvalue weighted by Crippen LogP contribution is 2.37. The summed E-state index contributed by atoms with van der Waals surface area (Å²) in [4.78, 5) is 30.9. The molecule has 150 valence electrons. The molecule has 0 saturated heterocycles. The van der Waals surface area contributed by atoms with Crippen molar-refractivity contribution < 1.29 is 4.74 Å². The highest BCUT2D eigenvalue weighted by atomic mass is 32.2. The van der Waals surface area contributed by atoms with Crippen molar-refractivity contribution in [3.63, 3.8) is 0 Å². The van der Waals surface area contributed by atoms with Crippen molar-refractivity contribution in [2.24, 2.45) is 5.92 Å². The zero-order chi connectivity index (χ0) is 20.1. The second kappa shape index (κ2) is 7.18. The summed E-state index contributed by atoms with van der Waals surface area (Å²) in [5, 5.41) is 1.56. The summed E-state index contributed by atoms with van der Waals surface area (Å²) >= 11 is 3.24. The number of fused-ring (bicyclic) bond motifs is 4. The quantitative estimate of drug-likeness (QED) is 0.456. The van der Waals surface area contributed by atoms with Gasteiger partial charge in [-0.3, -0.25) is 4.79 Å². The zero-order valence-corrected chi connectivity index (χ0v) is 18.2. The molecule has 8 heteroatoms. The van der Waals surface area contributed by atoms with Gasteiger partial charge in [-0.15, -0.1) is 11.3 Å². The van der Waals surface area contributed by atoms with Crippen molar-refractivity contribution in [2.45, 2.75) is 43.5 Å². The topological polar surface area (TPSA) is 83.7 Å². The first-order valence-electron chi connectivity index (χ1n) is 9.76. The van der Waals surface area contributed by atoms with Gasteiger partial charge >= 0.3 is 0 Å². The van der Waals surface area contributed by atoms with Crippen LogP contribution < -0.4 is 10.3 Å². The normalized spacial score (nSPS) is 17.6. The summed E-state index contributed by atoms with van der Waals surface area (Å²) in [5.74, 6) is 2.16. The van der Waals surface area contributed by atoms with Crippen LogP contribution in [0.3, 0.4) is 0 Å². The van der Waals surface area contributed by atoms with Gasteiger partial charge in [0.2, 0.25) is 0 Å². The third-order valence-corrected chi connectivity index (χ3v) is 7.67. The fourth-order valence-electron chi connectivity index (χ4n) is 3.93. The summed E-state index contributed by atoms with van der Waals surface area (Å²) in [5.41, 5.74) is 3.02. The Labute approximate surface area is 176 Å². The number of nitrogens with one attached hydrogen (secondary N) is 2. The number of aromatic nitrogens is 4. The minimum absolute atomic E-state index is 0.0150. The first-order chi connectivity index (χ1) is 14.0. The lowest BCUT2D eigenvalue weighted by Gasteiger charge is -2.17. The molecule has 5 rings (SSSR count). The molecule has 0 saturated carbocycles. The summed E-state index contributed by atoms with van der Waals surface area (Å²) in [6, 6.07) is 5.76. The van der Waals surface area contributed by atoms with E-state index in [1.54, 1.807) is 30.2 Å². The fraction of sp³-hybridized carbons (Fsp3) is 0.381. The molecule has 6 nitrogen and oxygen atoms in total. The summed E-state index contributed by atoms with van der Waals surface area (Å²) < 4.78 is 5.27. The van der Waals surface area contributed by atoms with Crippen molar-refractivity contribution in [3.8, 4) is 5.75 Å². The van der Waals surface area contributed by atoms with Gasteiger partial charge in [0.1, 0.15) is 16.4 Å². The number of benzene rings is 1. The maximum absolute atomic E-state index is 12.8. The van der Waals surface area contributed by atoms with Crippen molar-refractivity contribution in [1.82, 2.24) is 19.9 Å². The summed E-state index contributed by atoms with van der Waals surface area (Å²) in [6.07, 6.45) is 3.17. The van der Waals surface area contributed by atoms with Gasteiger partial charge in [0.25, 0.3) is 5.56 Å². The zero-order valence-electron chi connectivity index (χ0n) is 16.5. The number of ether oxygens (including phenoxy) is 1. The lowest BCUT2D eigenvalue weighted by atomic mass is 9.89. The molecular weight excluding hydrogens is 404 g/mol. The van der Waals surface area contributed by atoms with Gasteiger partial charge < -0.3 is 14.7 Å². The molecule has 2 unspecified atom stereocenters. The molecule has 0 radical (unpaired) electrons. The lowest BCUT2D eigenvalue weighted by molar-refractivity contribution is 0.415. The molecule has 0 spiro atoms. The molecule has 0 bridgehead atoms. The Balaban J connectivity index is 1.46. The Morgan fingerprint density at radius 2 is 2.17 bits per heavy atom. The van der Waals surface area contributed by atoms with Gasteiger partial charge in [-0.05, 0) is 49.8 Å². The minimum atomic E-state index is -0.0346. The summed E-state index contributed by atoms with van der Waals surface area (Å²) in [7, 11) is 1.65. The monoisotopic (exact) mass is 426 g/mol. The molecule has 3 aromatic heterocycles. The third kappa shape index (κ3) is 3.34. The van der Waals surface area contributed by atoms with Gasteiger partial charge in [-0.25, -0.2) is 9.97 Å². The molecule has 1 aliphatic carbocycles. The molecule has 0 aliphatic heterocycles.